The van der Waals surface area contributed by atoms with Crippen LogP contribution in [-0.2, 0) is 0 Å². The second-order valence-corrected chi connectivity index (χ2v) is 4.68. The largest absolute Gasteiger partial charge is 0.459 e. The zero-order chi connectivity index (χ0) is 12.3. The molecule has 92 valence electrons. The van der Waals surface area contributed by atoms with Crippen LogP contribution in [0.3, 0.4) is 0 Å². The van der Waals surface area contributed by atoms with Crippen LogP contribution in [0, 0.1) is 0 Å². The number of benzene rings is 1. The molecule has 0 radical (unpaired) electrons. The average Bonchev–Trinajstić information content (AvgIpc) is 2.72. The van der Waals surface area contributed by atoms with Crippen molar-refractivity contribution >= 4 is 22.6 Å². The molecule has 1 aromatic heterocycles. The van der Waals surface area contributed by atoms with Gasteiger partial charge < -0.3 is 9.73 Å². The van der Waals surface area contributed by atoms with E-state index in [1.807, 2.05) is 18.2 Å². The minimum atomic E-state index is 0.293. The summed E-state index contributed by atoms with van der Waals surface area (Å²) < 4.78 is 5.85. The fourth-order valence-corrected chi connectivity index (χ4v) is 2.15. The number of halogens is 1. The van der Waals surface area contributed by atoms with Crippen LogP contribution in [0.2, 0.25) is 5.02 Å². The smallest absolute Gasteiger partial charge is 0.134 e. The molecule has 0 saturated heterocycles. The van der Waals surface area contributed by atoms with Crippen molar-refractivity contribution in [3.05, 3.63) is 35.0 Å². The van der Waals surface area contributed by atoms with Crippen molar-refractivity contribution in [3.63, 3.8) is 0 Å². The van der Waals surface area contributed by atoms with Crippen LogP contribution >= 0.6 is 11.6 Å². The summed E-state index contributed by atoms with van der Waals surface area (Å²) in [5.41, 5.74) is 0.904. The van der Waals surface area contributed by atoms with Gasteiger partial charge in [-0.2, -0.15) is 0 Å². The Morgan fingerprint density at radius 1 is 1.29 bits per heavy atom. The number of furan rings is 1. The van der Waals surface area contributed by atoms with Crippen molar-refractivity contribution in [1.29, 1.82) is 0 Å². The van der Waals surface area contributed by atoms with Crippen LogP contribution in [0.25, 0.3) is 11.0 Å². The summed E-state index contributed by atoms with van der Waals surface area (Å²) in [6.07, 6.45) is 2.15. The van der Waals surface area contributed by atoms with Gasteiger partial charge in [-0.25, -0.2) is 0 Å². The van der Waals surface area contributed by atoms with Gasteiger partial charge in [-0.05, 0) is 43.7 Å². The average molecular weight is 252 g/mol. The van der Waals surface area contributed by atoms with Crippen LogP contribution in [0.5, 0.6) is 0 Å². The molecule has 0 amide bonds. The van der Waals surface area contributed by atoms with Gasteiger partial charge in [-0.1, -0.05) is 25.4 Å². The van der Waals surface area contributed by atoms with Gasteiger partial charge in [0.2, 0.25) is 0 Å². The van der Waals surface area contributed by atoms with Crippen molar-refractivity contribution < 1.29 is 4.42 Å². The maximum absolute atomic E-state index is 5.97. The minimum absolute atomic E-state index is 0.293. The van der Waals surface area contributed by atoms with E-state index in [4.69, 9.17) is 16.0 Å². The number of fused-ring (bicyclic) bond motifs is 1. The van der Waals surface area contributed by atoms with Gasteiger partial charge in [-0.3, -0.25) is 0 Å². The molecular weight excluding hydrogens is 234 g/mol. The van der Waals surface area contributed by atoms with Crippen LogP contribution in [0.4, 0.5) is 0 Å². The number of rotatable bonds is 5. The van der Waals surface area contributed by atoms with Crippen molar-refractivity contribution in [2.75, 3.05) is 6.54 Å². The molecule has 0 saturated carbocycles. The van der Waals surface area contributed by atoms with E-state index in [1.165, 1.54) is 0 Å². The molecule has 2 rings (SSSR count). The van der Waals surface area contributed by atoms with E-state index < -0.39 is 0 Å². The van der Waals surface area contributed by atoms with E-state index in [1.54, 1.807) is 0 Å². The summed E-state index contributed by atoms with van der Waals surface area (Å²) in [5.74, 6) is 0.998. The van der Waals surface area contributed by atoms with Gasteiger partial charge >= 0.3 is 0 Å². The van der Waals surface area contributed by atoms with Crippen molar-refractivity contribution in [2.24, 2.45) is 0 Å². The van der Waals surface area contributed by atoms with Crippen molar-refractivity contribution in [2.45, 2.75) is 32.7 Å². The lowest BCUT2D eigenvalue weighted by atomic mass is 10.1. The molecule has 0 aliphatic carbocycles. The normalized spacial score (nSPS) is 13.1. The second-order valence-electron chi connectivity index (χ2n) is 4.25. The lowest BCUT2D eigenvalue weighted by Gasteiger charge is -2.13. The monoisotopic (exact) mass is 251 g/mol. The van der Waals surface area contributed by atoms with E-state index in [9.17, 15) is 0 Å². The molecular formula is C14H18ClNO. The molecule has 2 nitrogen and oxygen atoms in total. The Bertz CT molecular complexity index is 492. The molecule has 0 spiro atoms. The van der Waals surface area contributed by atoms with Crippen LogP contribution in [-0.4, -0.2) is 6.54 Å². The topological polar surface area (TPSA) is 25.2 Å². The van der Waals surface area contributed by atoms with Gasteiger partial charge in [0.15, 0.2) is 0 Å². The highest BCUT2D eigenvalue weighted by atomic mass is 35.5. The van der Waals surface area contributed by atoms with Crippen LogP contribution in [0.1, 0.15) is 38.5 Å². The maximum atomic E-state index is 5.97. The first-order valence-electron chi connectivity index (χ1n) is 6.17. The highest BCUT2D eigenvalue weighted by Crippen LogP contribution is 2.27. The summed E-state index contributed by atoms with van der Waals surface area (Å²) in [6.45, 7) is 5.34. The first-order chi connectivity index (χ1) is 8.24. The molecule has 1 aromatic carbocycles. The van der Waals surface area contributed by atoms with E-state index in [0.29, 0.717) is 6.04 Å². The van der Waals surface area contributed by atoms with E-state index in [0.717, 1.165) is 41.1 Å². The lowest BCUT2D eigenvalue weighted by molar-refractivity contribution is 0.421. The Balaban J connectivity index is 2.27. The molecule has 0 bridgehead atoms. The molecule has 0 aliphatic heterocycles. The summed E-state index contributed by atoms with van der Waals surface area (Å²) in [4.78, 5) is 0. The van der Waals surface area contributed by atoms with Crippen molar-refractivity contribution in [3.8, 4) is 0 Å². The fraction of sp³-hybridized carbons (Fsp3) is 0.429. The summed E-state index contributed by atoms with van der Waals surface area (Å²) in [5, 5.41) is 5.31. The van der Waals surface area contributed by atoms with E-state index in [-0.39, 0.29) is 0 Å². The highest BCUT2D eigenvalue weighted by Gasteiger charge is 2.13. The first kappa shape index (κ1) is 12.5. The predicted molar refractivity (Wildman–Crippen MR) is 72.5 cm³/mol. The fourth-order valence-electron chi connectivity index (χ4n) is 1.97. The van der Waals surface area contributed by atoms with Gasteiger partial charge in [0, 0.05) is 10.4 Å². The summed E-state index contributed by atoms with van der Waals surface area (Å²) in [6, 6.07) is 8.10. The Hall–Kier alpha value is -0.990. The standard InChI is InChI=1S/C14H18ClNO/c1-3-7-16-12(4-2)14-9-10-8-11(15)5-6-13(10)17-14/h5-6,8-9,12,16H,3-4,7H2,1-2H3. The molecule has 1 N–H and O–H groups in total. The van der Waals surface area contributed by atoms with Crippen LogP contribution < -0.4 is 5.32 Å². The minimum Gasteiger partial charge on any atom is -0.459 e. The molecule has 1 heterocycles. The van der Waals surface area contributed by atoms with Gasteiger partial charge in [-0.15, -0.1) is 0 Å². The molecule has 1 atom stereocenters. The number of hydrogen-bond donors (Lipinski definition) is 1. The van der Waals surface area contributed by atoms with Crippen molar-refractivity contribution in [1.82, 2.24) is 5.32 Å². The number of hydrogen-bond acceptors (Lipinski definition) is 2. The second kappa shape index (κ2) is 5.56. The number of nitrogens with one attached hydrogen (secondary N) is 1. The zero-order valence-corrected chi connectivity index (χ0v) is 11.1. The highest BCUT2D eigenvalue weighted by molar-refractivity contribution is 6.31. The quantitative estimate of drug-likeness (QED) is 0.844. The Morgan fingerprint density at radius 3 is 2.82 bits per heavy atom. The third kappa shape index (κ3) is 2.82. The van der Waals surface area contributed by atoms with Gasteiger partial charge in [0.05, 0.1) is 6.04 Å². The molecule has 3 heteroatoms. The zero-order valence-electron chi connectivity index (χ0n) is 10.3. The molecule has 17 heavy (non-hydrogen) atoms. The molecule has 0 aliphatic rings. The molecule has 1 unspecified atom stereocenters. The first-order valence-corrected chi connectivity index (χ1v) is 6.54. The third-order valence-electron chi connectivity index (χ3n) is 2.89. The lowest BCUT2D eigenvalue weighted by Crippen LogP contribution is -2.20. The van der Waals surface area contributed by atoms with E-state index in [2.05, 4.69) is 25.2 Å². The Kier molecular flexibility index (Phi) is 4.08. The maximum Gasteiger partial charge on any atom is 0.134 e. The van der Waals surface area contributed by atoms with Gasteiger partial charge in [0.1, 0.15) is 11.3 Å². The summed E-state index contributed by atoms with van der Waals surface area (Å²) in [7, 11) is 0. The Morgan fingerprint density at radius 2 is 2.12 bits per heavy atom. The Labute approximate surface area is 107 Å². The summed E-state index contributed by atoms with van der Waals surface area (Å²) >= 11 is 5.97. The molecule has 2 aromatic rings. The molecule has 0 fully saturated rings. The van der Waals surface area contributed by atoms with Crippen LogP contribution in [0.15, 0.2) is 28.7 Å². The SMILES string of the molecule is CCCNC(CC)c1cc2cc(Cl)ccc2o1. The third-order valence-corrected chi connectivity index (χ3v) is 3.12. The predicted octanol–water partition coefficient (Wildman–Crippen LogP) is 4.54. The van der Waals surface area contributed by atoms with Gasteiger partial charge in [0.25, 0.3) is 0 Å². The van der Waals surface area contributed by atoms with E-state index >= 15 is 0 Å².